The molecule has 0 aromatic rings. The van der Waals surface area contributed by atoms with Crippen molar-refractivity contribution in [3.8, 4) is 0 Å². The number of rotatable bonds is 34. The summed E-state index contributed by atoms with van der Waals surface area (Å²) in [6, 6.07) is 0. The van der Waals surface area contributed by atoms with Gasteiger partial charge in [0.1, 0.15) is 19.0 Å². The van der Waals surface area contributed by atoms with Gasteiger partial charge >= 0.3 is 11.9 Å². The maximum absolute atomic E-state index is 12.7. The number of ether oxygens (including phenoxy) is 2. The topological polar surface area (TPSA) is 76.1 Å². The van der Waals surface area contributed by atoms with E-state index in [2.05, 4.69) is 37.7 Å². The second kappa shape index (κ2) is 29.3. The Morgan fingerprint density at radius 1 is 0.458 bits per heavy atom. The Bertz CT molecular complexity index is 749. The van der Waals surface area contributed by atoms with E-state index >= 15 is 0 Å². The monoisotopic (exact) mass is 681 g/mol. The molecule has 0 radical (unpaired) electrons. The van der Waals surface area contributed by atoms with Crippen molar-refractivity contribution in [1.82, 2.24) is 9.80 Å². The van der Waals surface area contributed by atoms with E-state index in [-0.39, 0.29) is 11.9 Å². The predicted octanol–water partition coefficient (Wildman–Crippen LogP) is 10.2. The van der Waals surface area contributed by atoms with Crippen LogP contribution < -0.4 is 0 Å². The smallest absolute Gasteiger partial charge is 0.311 e. The third kappa shape index (κ3) is 26.4. The number of carbonyl (C=O) groups is 3. The Balaban J connectivity index is 3.90. The van der Waals surface area contributed by atoms with Crippen molar-refractivity contribution in [2.24, 2.45) is 10.8 Å². The first kappa shape index (κ1) is 46.5. The highest BCUT2D eigenvalue weighted by Crippen LogP contribution is 2.27. The second-order valence-corrected chi connectivity index (χ2v) is 15.8. The van der Waals surface area contributed by atoms with Crippen molar-refractivity contribution in [3.05, 3.63) is 0 Å². The molecule has 0 saturated heterocycles. The first-order chi connectivity index (χ1) is 22.9. The van der Waals surface area contributed by atoms with Gasteiger partial charge in [0.15, 0.2) is 0 Å². The van der Waals surface area contributed by atoms with Gasteiger partial charge in [0, 0.05) is 25.9 Å². The zero-order valence-corrected chi connectivity index (χ0v) is 33.2. The van der Waals surface area contributed by atoms with Crippen LogP contribution in [0.1, 0.15) is 183 Å². The summed E-state index contributed by atoms with van der Waals surface area (Å²) in [5.41, 5.74) is -0.989. The summed E-state index contributed by atoms with van der Waals surface area (Å²) in [4.78, 5) is 42.3. The van der Waals surface area contributed by atoms with Crippen LogP contribution in [0, 0.1) is 10.8 Å². The van der Waals surface area contributed by atoms with Gasteiger partial charge in [-0.05, 0) is 93.4 Å². The fourth-order valence-electron chi connectivity index (χ4n) is 5.99. The molecule has 7 nitrogen and oxygen atoms in total. The Kier molecular flexibility index (Phi) is 28.4. The molecule has 0 unspecified atom stereocenters. The number of hydrogen-bond donors (Lipinski definition) is 0. The number of unbranched alkanes of at least 4 members (excludes halogenated alkanes) is 14. The molecule has 0 aliphatic heterocycles. The van der Waals surface area contributed by atoms with Gasteiger partial charge in [-0.2, -0.15) is 0 Å². The van der Waals surface area contributed by atoms with Crippen LogP contribution in [0.4, 0.5) is 0 Å². The standard InChI is InChI=1S/C41H80N2O5/c1-9-11-13-15-17-25-31-42(7)33-35-47-38(45)40(3,4)29-23-19-21-27-37(44)28-22-20-24-30-41(5,6)39(46)48-36-34-43(8)32-26-18-16-14-12-10-2/h9-36H2,1-8H3. The Morgan fingerprint density at radius 3 is 1.17 bits per heavy atom. The molecule has 0 aliphatic carbocycles. The quantitative estimate of drug-likeness (QED) is 0.0494. The molecule has 0 aliphatic rings. The van der Waals surface area contributed by atoms with Crippen molar-refractivity contribution in [1.29, 1.82) is 0 Å². The Hall–Kier alpha value is -1.47. The van der Waals surface area contributed by atoms with Gasteiger partial charge in [-0.25, -0.2) is 0 Å². The van der Waals surface area contributed by atoms with Gasteiger partial charge in [0.25, 0.3) is 0 Å². The van der Waals surface area contributed by atoms with Crippen LogP contribution in [0.2, 0.25) is 0 Å². The molecule has 0 N–H and O–H groups in total. The third-order valence-corrected chi connectivity index (χ3v) is 9.82. The third-order valence-electron chi connectivity index (χ3n) is 9.82. The highest BCUT2D eigenvalue weighted by molar-refractivity contribution is 5.78. The SMILES string of the molecule is CCCCCCCCN(C)CCOC(=O)C(C)(C)CCCCCC(=O)CCCCCC(C)(C)C(=O)OCCN(C)CCCCCCCC. The van der Waals surface area contributed by atoms with Crippen LogP contribution in [0.25, 0.3) is 0 Å². The molecule has 0 spiro atoms. The number of Topliss-reactive ketones (excluding diaryl/α,β-unsaturated/α-hetero) is 1. The number of likely N-dealkylation sites (N-methyl/N-ethyl adjacent to an activating group) is 2. The zero-order valence-electron chi connectivity index (χ0n) is 33.2. The van der Waals surface area contributed by atoms with Crippen LogP contribution in [-0.2, 0) is 23.9 Å². The van der Waals surface area contributed by atoms with Crippen LogP contribution >= 0.6 is 0 Å². The van der Waals surface area contributed by atoms with Crippen LogP contribution in [0.5, 0.6) is 0 Å². The number of nitrogens with zero attached hydrogens (tertiary/aromatic N) is 2. The molecule has 0 atom stereocenters. The van der Waals surface area contributed by atoms with E-state index in [0.29, 0.717) is 31.8 Å². The molecule has 0 bridgehead atoms. The first-order valence-electron chi connectivity index (χ1n) is 20.1. The average molecular weight is 681 g/mol. The highest BCUT2D eigenvalue weighted by atomic mass is 16.5. The minimum atomic E-state index is -0.494. The van der Waals surface area contributed by atoms with Crippen LogP contribution in [-0.4, -0.2) is 81.0 Å². The van der Waals surface area contributed by atoms with Crippen LogP contribution in [0.3, 0.4) is 0 Å². The van der Waals surface area contributed by atoms with Crippen molar-refractivity contribution in [2.75, 3.05) is 53.5 Å². The fourth-order valence-corrected chi connectivity index (χ4v) is 5.99. The van der Waals surface area contributed by atoms with Gasteiger partial charge < -0.3 is 19.3 Å². The average Bonchev–Trinajstić information content (AvgIpc) is 3.03. The lowest BCUT2D eigenvalue weighted by Gasteiger charge is -2.24. The lowest BCUT2D eigenvalue weighted by molar-refractivity contribution is -0.155. The number of hydrogen-bond acceptors (Lipinski definition) is 7. The number of esters is 2. The second-order valence-electron chi connectivity index (χ2n) is 15.8. The molecule has 0 aromatic carbocycles. The van der Waals surface area contributed by atoms with E-state index < -0.39 is 10.8 Å². The summed E-state index contributed by atoms with van der Waals surface area (Å²) in [6.45, 7) is 16.9. The molecule has 0 rings (SSSR count). The Morgan fingerprint density at radius 2 is 0.792 bits per heavy atom. The molecule has 48 heavy (non-hydrogen) atoms. The van der Waals surface area contributed by atoms with Crippen molar-refractivity contribution < 1.29 is 23.9 Å². The minimum absolute atomic E-state index is 0.116. The van der Waals surface area contributed by atoms with E-state index in [1.807, 2.05) is 27.7 Å². The van der Waals surface area contributed by atoms with E-state index in [9.17, 15) is 14.4 Å². The lowest BCUT2D eigenvalue weighted by atomic mass is 9.86. The molecule has 284 valence electrons. The van der Waals surface area contributed by atoms with E-state index in [0.717, 1.165) is 77.5 Å². The van der Waals surface area contributed by atoms with Gasteiger partial charge in [-0.15, -0.1) is 0 Å². The van der Waals surface area contributed by atoms with Gasteiger partial charge in [0.05, 0.1) is 10.8 Å². The van der Waals surface area contributed by atoms with E-state index in [1.165, 1.54) is 77.0 Å². The van der Waals surface area contributed by atoms with Crippen molar-refractivity contribution in [2.45, 2.75) is 183 Å². The summed E-state index contributed by atoms with van der Waals surface area (Å²) < 4.78 is 11.2. The summed E-state index contributed by atoms with van der Waals surface area (Å²) in [6.07, 6.45) is 23.8. The lowest BCUT2D eigenvalue weighted by Crippen LogP contribution is -2.31. The Labute approximate surface area is 298 Å². The van der Waals surface area contributed by atoms with E-state index in [4.69, 9.17) is 9.47 Å². The molecular weight excluding hydrogens is 600 g/mol. The number of carbonyl (C=O) groups excluding carboxylic acids is 3. The zero-order chi connectivity index (χ0) is 36.1. The van der Waals surface area contributed by atoms with Crippen LogP contribution in [0.15, 0.2) is 0 Å². The van der Waals surface area contributed by atoms with Gasteiger partial charge in [0.2, 0.25) is 0 Å². The maximum Gasteiger partial charge on any atom is 0.311 e. The largest absolute Gasteiger partial charge is 0.464 e. The van der Waals surface area contributed by atoms with E-state index in [1.54, 1.807) is 0 Å². The van der Waals surface area contributed by atoms with Crippen molar-refractivity contribution >= 4 is 17.7 Å². The molecular formula is C41H80N2O5. The van der Waals surface area contributed by atoms with Gasteiger partial charge in [-0.1, -0.05) is 104 Å². The molecule has 0 amide bonds. The summed E-state index contributed by atoms with van der Waals surface area (Å²) in [5.74, 6) is 0.0891. The number of ketones is 1. The predicted molar refractivity (Wildman–Crippen MR) is 202 cm³/mol. The maximum atomic E-state index is 12.7. The fraction of sp³-hybridized carbons (Fsp3) is 0.927. The first-order valence-corrected chi connectivity index (χ1v) is 20.1. The summed E-state index contributed by atoms with van der Waals surface area (Å²) in [5, 5.41) is 0. The summed E-state index contributed by atoms with van der Waals surface area (Å²) in [7, 11) is 4.20. The van der Waals surface area contributed by atoms with Gasteiger partial charge in [-0.3, -0.25) is 14.4 Å². The summed E-state index contributed by atoms with van der Waals surface area (Å²) >= 11 is 0. The molecule has 0 heterocycles. The molecule has 0 saturated carbocycles. The normalized spacial score (nSPS) is 12.2. The highest BCUT2D eigenvalue weighted by Gasteiger charge is 2.29. The van der Waals surface area contributed by atoms with Crippen molar-refractivity contribution in [3.63, 3.8) is 0 Å². The minimum Gasteiger partial charge on any atom is -0.464 e. The molecule has 0 fully saturated rings. The molecule has 7 heteroatoms. The molecule has 0 aromatic heterocycles.